The van der Waals surface area contributed by atoms with E-state index in [1.807, 2.05) is 0 Å². The number of hydrogen-bond donors (Lipinski definition) is 1. The number of ketones is 2. The van der Waals surface area contributed by atoms with Crippen LogP contribution in [0.1, 0.15) is 22.0 Å². The summed E-state index contributed by atoms with van der Waals surface area (Å²) in [6.07, 6.45) is -1.09. The molecular formula is C17H14O6. The summed E-state index contributed by atoms with van der Waals surface area (Å²) in [5, 5.41) is 10.0. The lowest BCUT2D eigenvalue weighted by molar-refractivity contribution is -0.122. The zero-order valence-electron chi connectivity index (χ0n) is 12.5. The second kappa shape index (κ2) is 5.64. The smallest absolute Gasteiger partial charge is 0.248 e. The van der Waals surface area contributed by atoms with E-state index in [4.69, 9.17) is 14.2 Å². The molecule has 0 fully saturated rings. The number of phenolic OH excluding ortho intramolecular Hbond substituents is 1. The molecule has 0 aliphatic carbocycles. The zero-order valence-corrected chi connectivity index (χ0v) is 12.5. The third-order valence-electron chi connectivity index (χ3n) is 3.63. The first-order valence-corrected chi connectivity index (χ1v) is 6.86. The number of ether oxygens (including phenoxy) is 3. The Morgan fingerprint density at radius 2 is 1.78 bits per heavy atom. The van der Waals surface area contributed by atoms with E-state index in [2.05, 4.69) is 0 Å². The third kappa shape index (κ3) is 2.28. The monoisotopic (exact) mass is 314 g/mol. The van der Waals surface area contributed by atoms with Gasteiger partial charge in [0.15, 0.2) is 17.6 Å². The SMILES string of the molecule is COc1cc(O)c2c(c1OC)OC(c1ccccc1)C(=O)C2=O. The average Bonchev–Trinajstić information content (AvgIpc) is 2.58. The van der Waals surface area contributed by atoms with Crippen molar-refractivity contribution in [3.05, 3.63) is 47.5 Å². The molecule has 1 heterocycles. The molecule has 0 saturated heterocycles. The molecule has 2 aromatic rings. The fourth-order valence-corrected chi connectivity index (χ4v) is 2.54. The van der Waals surface area contributed by atoms with E-state index in [0.717, 1.165) is 0 Å². The van der Waals surface area contributed by atoms with Crippen LogP contribution in [-0.2, 0) is 4.79 Å². The third-order valence-corrected chi connectivity index (χ3v) is 3.63. The van der Waals surface area contributed by atoms with Crippen LogP contribution in [0.3, 0.4) is 0 Å². The topological polar surface area (TPSA) is 82.1 Å². The van der Waals surface area contributed by atoms with Crippen molar-refractivity contribution in [3.63, 3.8) is 0 Å². The first-order valence-electron chi connectivity index (χ1n) is 6.86. The summed E-state index contributed by atoms with van der Waals surface area (Å²) in [6.45, 7) is 0. The largest absolute Gasteiger partial charge is 0.507 e. The van der Waals surface area contributed by atoms with Gasteiger partial charge in [0.2, 0.25) is 17.3 Å². The minimum Gasteiger partial charge on any atom is -0.507 e. The lowest BCUT2D eigenvalue weighted by Crippen LogP contribution is -2.32. The number of aromatic hydroxyl groups is 1. The van der Waals surface area contributed by atoms with Crippen molar-refractivity contribution in [2.75, 3.05) is 14.2 Å². The van der Waals surface area contributed by atoms with Gasteiger partial charge in [0.1, 0.15) is 11.3 Å². The van der Waals surface area contributed by atoms with Gasteiger partial charge in [0.25, 0.3) is 0 Å². The Morgan fingerprint density at radius 3 is 2.39 bits per heavy atom. The number of rotatable bonds is 3. The average molecular weight is 314 g/mol. The van der Waals surface area contributed by atoms with Gasteiger partial charge in [0, 0.05) is 11.6 Å². The number of methoxy groups -OCH3 is 2. The molecule has 23 heavy (non-hydrogen) atoms. The number of carbonyl (C=O) groups is 2. The van der Waals surface area contributed by atoms with E-state index >= 15 is 0 Å². The molecule has 1 unspecified atom stereocenters. The fraction of sp³-hybridized carbons (Fsp3) is 0.176. The summed E-state index contributed by atoms with van der Waals surface area (Å²) in [5.74, 6) is -1.59. The predicted molar refractivity (Wildman–Crippen MR) is 80.4 cm³/mol. The van der Waals surface area contributed by atoms with Gasteiger partial charge >= 0.3 is 0 Å². The number of phenols is 1. The van der Waals surface area contributed by atoms with E-state index in [9.17, 15) is 14.7 Å². The minimum absolute atomic E-state index is 0.00260. The van der Waals surface area contributed by atoms with E-state index in [0.29, 0.717) is 5.56 Å². The Kier molecular flexibility index (Phi) is 3.65. The van der Waals surface area contributed by atoms with E-state index in [1.165, 1.54) is 20.3 Å². The number of fused-ring (bicyclic) bond motifs is 1. The van der Waals surface area contributed by atoms with Crippen LogP contribution in [0.4, 0.5) is 0 Å². The first-order chi connectivity index (χ1) is 11.1. The van der Waals surface area contributed by atoms with Crippen LogP contribution in [0.2, 0.25) is 0 Å². The summed E-state index contributed by atoms with van der Waals surface area (Å²) in [6, 6.07) is 9.87. The van der Waals surface area contributed by atoms with Gasteiger partial charge in [-0.05, 0) is 0 Å². The number of benzene rings is 2. The van der Waals surface area contributed by atoms with Crippen LogP contribution in [0, 0.1) is 0 Å². The Bertz CT molecular complexity index is 781. The first kappa shape index (κ1) is 14.9. The molecule has 6 nitrogen and oxygen atoms in total. The Morgan fingerprint density at radius 1 is 1.09 bits per heavy atom. The Balaban J connectivity index is 2.19. The van der Waals surface area contributed by atoms with Crippen molar-refractivity contribution in [2.45, 2.75) is 6.10 Å². The van der Waals surface area contributed by atoms with Crippen LogP contribution in [-0.4, -0.2) is 30.9 Å². The highest BCUT2D eigenvalue weighted by Crippen LogP contribution is 2.49. The van der Waals surface area contributed by atoms with Crippen LogP contribution >= 0.6 is 0 Å². The van der Waals surface area contributed by atoms with Crippen LogP contribution in [0.15, 0.2) is 36.4 Å². The van der Waals surface area contributed by atoms with Gasteiger partial charge in [-0.15, -0.1) is 0 Å². The number of carbonyl (C=O) groups excluding carboxylic acids is 2. The van der Waals surface area contributed by atoms with Gasteiger partial charge in [-0.3, -0.25) is 9.59 Å². The molecule has 1 aliphatic rings. The van der Waals surface area contributed by atoms with Crippen LogP contribution < -0.4 is 14.2 Å². The second-order valence-electron chi connectivity index (χ2n) is 4.94. The highest BCUT2D eigenvalue weighted by molar-refractivity contribution is 6.47. The maximum atomic E-state index is 12.4. The van der Waals surface area contributed by atoms with Crippen molar-refractivity contribution >= 4 is 11.6 Å². The van der Waals surface area contributed by atoms with E-state index in [-0.39, 0.29) is 28.6 Å². The standard InChI is InChI=1S/C17H14O6/c1-21-11-8-10(18)12-13(19)14(20)15(9-6-4-3-5-7-9)23-17(12)16(11)22-2/h3-8,15,18H,1-2H3. The van der Waals surface area contributed by atoms with Gasteiger partial charge in [-0.1, -0.05) is 30.3 Å². The Labute approximate surface area is 132 Å². The molecular weight excluding hydrogens is 300 g/mol. The molecule has 0 saturated carbocycles. The molecule has 3 rings (SSSR count). The highest BCUT2D eigenvalue weighted by atomic mass is 16.5. The summed E-state index contributed by atoms with van der Waals surface area (Å²) in [5.41, 5.74) is 0.334. The maximum Gasteiger partial charge on any atom is 0.248 e. The summed E-state index contributed by atoms with van der Waals surface area (Å²) >= 11 is 0. The summed E-state index contributed by atoms with van der Waals surface area (Å²) in [7, 11) is 2.78. The molecule has 0 radical (unpaired) electrons. The highest BCUT2D eigenvalue weighted by Gasteiger charge is 2.41. The predicted octanol–water partition coefficient (Wildman–Crippen LogP) is 2.29. The normalized spacial score (nSPS) is 16.5. The van der Waals surface area contributed by atoms with Gasteiger partial charge in [0.05, 0.1) is 14.2 Å². The van der Waals surface area contributed by atoms with Gasteiger partial charge in [-0.25, -0.2) is 0 Å². The van der Waals surface area contributed by atoms with E-state index in [1.54, 1.807) is 30.3 Å². The fourth-order valence-electron chi connectivity index (χ4n) is 2.54. The van der Waals surface area contributed by atoms with Crippen molar-refractivity contribution in [1.29, 1.82) is 0 Å². The molecule has 118 valence electrons. The number of Topliss-reactive ketones (excluding diaryl/α,β-unsaturated/α-hetero) is 2. The molecule has 1 N–H and O–H groups in total. The maximum absolute atomic E-state index is 12.4. The zero-order chi connectivity index (χ0) is 16.6. The molecule has 0 aromatic heterocycles. The molecule has 6 heteroatoms. The second-order valence-corrected chi connectivity index (χ2v) is 4.94. The van der Waals surface area contributed by atoms with Gasteiger partial charge < -0.3 is 19.3 Å². The van der Waals surface area contributed by atoms with Crippen molar-refractivity contribution in [3.8, 4) is 23.0 Å². The molecule has 0 amide bonds. The molecule has 1 aliphatic heterocycles. The van der Waals surface area contributed by atoms with Crippen molar-refractivity contribution in [2.24, 2.45) is 0 Å². The molecule has 2 aromatic carbocycles. The molecule has 0 spiro atoms. The quantitative estimate of drug-likeness (QED) is 0.875. The lowest BCUT2D eigenvalue weighted by Gasteiger charge is -2.26. The lowest BCUT2D eigenvalue weighted by atomic mass is 9.94. The van der Waals surface area contributed by atoms with Crippen LogP contribution in [0.5, 0.6) is 23.0 Å². The Hall–Kier alpha value is -3.02. The minimum atomic E-state index is -1.09. The van der Waals surface area contributed by atoms with Crippen molar-refractivity contribution in [1.82, 2.24) is 0 Å². The molecule has 0 bridgehead atoms. The van der Waals surface area contributed by atoms with E-state index < -0.39 is 17.7 Å². The van der Waals surface area contributed by atoms with Gasteiger partial charge in [-0.2, -0.15) is 0 Å². The summed E-state index contributed by atoms with van der Waals surface area (Å²) < 4.78 is 16.1. The molecule has 1 atom stereocenters. The summed E-state index contributed by atoms with van der Waals surface area (Å²) in [4.78, 5) is 24.7. The van der Waals surface area contributed by atoms with Crippen molar-refractivity contribution < 1.29 is 28.9 Å². The number of hydrogen-bond acceptors (Lipinski definition) is 6. The van der Waals surface area contributed by atoms with Crippen LogP contribution in [0.25, 0.3) is 0 Å².